The first-order valence-corrected chi connectivity index (χ1v) is 4.67. The van der Waals surface area contributed by atoms with Crippen LogP contribution in [0.1, 0.15) is 11.5 Å². The maximum atomic E-state index is 11.5. The van der Waals surface area contributed by atoms with Gasteiger partial charge >= 0.3 is 5.97 Å². The van der Waals surface area contributed by atoms with Gasteiger partial charge in [-0.3, -0.25) is 4.79 Å². The van der Waals surface area contributed by atoms with Gasteiger partial charge in [-0.25, -0.2) is 0 Å². The number of benzene rings is 1. The van der Waals surface area contributed by atoms with E-state index in [-0.39, 0.29) is 17.8 Å². The standard InChI is InChI=1S/C12H12O2/c1-2-9-8-14-12(13)11(9)10-6-4-3-5-7-10/h2-7,9,11H,1,8H2/t9-,11-/m1/s1. The summed E-state index contributed by atoms with van der Waals surface area (Å²) in [5.74, 6) is -0.181. The third-order valence-corrected chi connectivity index (χ3v) is 2.56. The number of carbonyl (C=O) groups excluding carboxylic acids is 1. The average Bonchev–Trinajstić information content (AvgIpc) is 2.61. The lowest BCUT2D eigenvalue weighted by Gasteiger charge is -2.10. The van der Waals surface area contributed by atoms with E-state index >= 15 is 0 Å². The number of carbonyl (C=O) groups is 1. The molecule has 2 heteroatoms. The van der Waals surface area contributed by atoms with E-state index in [0.29, 0.717) is 6.61 Å². The Bertz CT molecular complexity index is 343. The van der Waals surface area contributed by atoms with Crippen LogP contribution in [-0.4, -0.2) is 12.6 Å². The molecule has 1 aliphatic heterocycles. The van der Waals surface area contributed by atoms with Crippen LogP contribution in [0.15, 0.2) is 43.0 Å². The molecule has 0 unspecified atom stereocenters. The molecule has 1 saturated heterocycles. The van der Waals surface area contributed by atoms with E-state index in [1.165, 1.54) is 0 Å². The molecule has 1 aromatic rings. The van der Waals surface area contributed by atoms with Gasteiger partial charge in [0.2, 0.25) is 0 Å². The highest BCUT2D eigenvalue weighted by Crippen LogP contribution is 2.32. The van der Waals surface area contributed by atoms with Gasteiger partial charge in [0, 0.05) is 5.92 Å². The summed E-state index contributed by atoms with van der Waals surface area (Å²) in [5, 5.41) is 0. The zero-order valence-corrected chi connectivity index (χ0v) is 7.85. The predicted molar refractivity (Wildman–Crippen MR) is 53.8 cm³/mol. The Balaban J connectivity index is 2.32. The summed E-state index contributed by atoms with van der Waals surface area (Å²) in [6.45, 7) is 4.18. The first-order chi connectivity index (χ1) is 6.83. The summed E-state index contributed by atoms with van der Waals surface area (Å²) < 4.78 is 5.01. The van der Waals surface area contributed by atoms with Gasteiger partial charge in [0.05, 0.1) is 12.5 Å². The van der Waals surface area contributed by atoms with Gasteiger partial charge in [-0.2, -0.15) is 0 Å². The molecular weight excluding hydrogens is 176 g/mol. The molecule has 1 aromatic carbocycles. The average molecular weight is 188 g/mol. The summed E-state index contributed by atoms with van der Waals surface area (Å²) >= 11 is 0. The SMILES string of the molecule is C=C[C@@H]1COC(=O)[C@H]1c1ccccc1. The number of hydrogen-bond donors (Lipinski definition) is 0. The van der Waals surface area contributed by atoms with Crippen LogP contribution in [0.4, 0.5) is 0 Å². The maximum Gasteiger partial charge on any atom is 0.314 e. The molecule has 0 bridgehead atoms. The Morgan fingerprint density at radius 1 is 1.36 bits per heavy atom. The minimum atomic E-state index is -0.159. The maximum absolute atomic E-state index is 11.5. The second-order valence-corrected chi connectivity index (χ2v) is 3.42. The quantitative estimate of drug-likeness (QED) is 0.525. The molecule has 0 aromatic heterocycles. The predicted octanol–water partition coefficient (Wildman–Crippen LogP) is 2.13. The van der Waals surface area contributed by atoms with Crippen LogP contribution in [0.25, 0.3) is 0 Å². The molecule has 2 atom stereocenters. The van der Waals surface area contributed by atoms with Crippen LogP contribution >= 0.6 is 0 Å². The highest BCUT2D eigenvalue weighted by molar-refractivity contribution is 5.80. The molecule has 0 radical (unpaired) electrons. The summed E-state index contributed by atoms with van der Waals surface area (Å²) in [6, 6.07) is 9.70. The third kappa shape index (κ3) is 1.43. The lowest BCUT2D eigenvalue weighted by molar-refractivity contribution is -0.139. The van der Waals surface area contributed by atoms with Crippen molar-refractivity contribution >= 4 is 5.97 Å². The van der Waals surface area contributed by atoms with Crippen molar-refractivity contribution in [3.8, 4) is 0 Å². The molecule has 0 aliphatic carbocycles. The fourth-order valence-corrected chi connectivity index (χ4v) is 1.79. The van der Waals surface area contributed by atoms with Crippen molar-refractivity contribution < 1.29 is 9.53 Å². The van der Waals surface area contributed by atoms with E-state index in [0.717, 1.165) is 5.56 Å². The van der Waals surface area contributed by atoms with Gasteiger partial charge in [-0.05, 0) is 5.56 Å². The van der Waals surface area contributed by atoms with Gasteiger partial charge in [0.15, 0.2) is 0 Å². The van der Waals surface area contributed by atoms with Crippen LogP contribution < -0.4 is 0 Å². The smallest absolute Gasteiger partial charge is 0.314 e. The number of rotatable bonds is 2. The molecule has 72 valence electrons. The summed E-state index contributed by atoms with van der Waals surface area (Å²) in [4.78, 5) is 11.5. The number of cyclic esters (lactones) is 1. The molecular formula is C12H12O2. The minimum Gasteiger partial charge on any atom is -0.465 e. The Morgan fingerprint density at radius 2 is 2.07 bits per heavy atom. The van der Waals surface area contributed by atoms with Gasteiger partial charge in [0.25, 0.3) is 0 Å². The first-order valence-electron chi connectivity index (χ1n) is 4.67. The molecule has 1 aliphatic rings. The van der Waals surface area contributed by atoms with E-state index in [4.69, 9.17) is 4.74 Å². The summed E-state index contributed by atoms with van der Waals surface area (Å²) in [6.07, 6.45) is 1.79. The minimum absolute atomic E-state index is 0.116. The van der Waals surface area contributed by atoms with E-state index in [1.54, 1.807) is 6.08 Å². The normalized spacial score (nSPS) is 25.9. The van der Waals surface area contributed by atoms with Crippen LogP contribution in [0.5, 0.6) is 0 Å². The molecule has 0 spiro atoms. The van der Waals surface area contributed by atoms with Crippen molar-refractivity contribution in [1.82, 2.24) is 0 Å². The fourth-order valence-electron chi connectivity index (χ4n) is 1.79. The molecule has 2 nitrogen and oxygen atoms in total. The van der Waals surface area contributed by atoms with E-state index in [2.05, 4.69) is 6.58 Å². The molecule has 14 heavy (non-hydrogen) atoms. The van der Waals surface area contributed by atoms with Crippen LogP contribution in [-0.2, 0) is 9.53 Å². The topological polar surface area (TPSA) is 26.3 Å². The van der Waals surface area contributed by atoms with Crippen LogP contribution in [0, 0.1) is 5.92 Å². The van der Waals surface area contributed by atoms with Crippen LogP contribution in [0.2, 0.25) is 0 Å². The molecule has 2 rings (SSSR count). The number of ether oxygens (including phenoxy) is 1. The monoisotopic (exact) mass is 188 g/mol. The first kappa shape index (κ1) is 9.00. The highest BCUT2D eigenvalue weighted by atomic mass is 16.5. The van der Waals surface area contributed by atoms with E-state index < -0.39 is 0 Å². The van der Waals surface area contributed by atoms with Gasteiger partial charge < -0.3 is 4.74 Å². The van der Waals surface area contributed by atoms with Gasteiger partial charge in [0.1, 0.15) is 0 Å². The van der Waals surface area contributed by atoms with Crippen LogP contribution in [0.3, 0.4) is 0 Å². The molecule has 0 amide bonds. The number of hydrogen-bond acceptors (Lipinski definition) is 2. The Kier molecular flexibility index (Phi) is 2.35. The lowest BCUT2D eigenvalue weighted by atomic mass is 9.89. The van der Waals surface area contributed by atoms with Crippen molar-refractivity contribution in [2.24, 2.45) is 5.92 Å². The number of esters is 1. The zero-order valence-electron chi connectivity index (χ0n) is 7.85. The van der Waals surface area contributed by atoms with Crippen molar-refractivity contribution in [2.75, 3.05) is 6.61 Å². The van der Waals surface area contributed by atoms with Crippen molar-refractivity contribution in [2.45, 2.75) is 5.92 Å². The fraction of sp³-hybridized carbons (Fsp3) is 0.250. The summed E-state index contributed by atoms with van der Waals surface area (Å²) in [7, 11) is 0. The molecule has 1 fully saturated rings. The third-order valence-electron chi connectivity index (χ3n) is 2.56. The second-order valence-electron chi connectivity index (χ2n) is 3.42. The van der Waals surface area contributed by atoms with Crippen molar-refractivity contribution in [3.63, 3.8) is 0 Å². The van der Waals surface area contributed by atoms with E-state index in [1.807, 2.05) is 30.3 Å². The van der Waals surface area contributed by atoms with Gasteiger partial charge in [-0.1, -0.05) is 36.4 Å². The van der Waals surface area contributed by atoms with Gasteiger partial charge in [-0.15, -0.1) is 6.58 Å². The van der Waals surface area contributed by atoms with Crippen molar-refractivity contribution in [3.05, 3.63) is 48.6 Å². The zero-order chi connectivity index (χ0) is 9.97. The second kappa shape index (κ2) is 3.66. The Morgan fingerprint density at radius 3 is 2.71 bits per heavy atom. The molecule has 1 heterocycles. The molecule has 0 saturated carbocycles. The Hall–Kier alpha value is -1.57. The highest BCUT2D eigenvalue weighted by Gasteiger charge is 2.35. The van der Waals surface area contributed by atoms with E-state index in [9.17, 15) is 4.79 Å². The molecule has 0 N–H and O–H groups in total. The van der Waals surface area contributed by atoms with Crippen molar-refractivity contribution in [1.29, 1.82) is 0 Å². The summed E-state index contributed by atoms with van der Waals surface area (Å²) in [5.41, 5.74) is 1.01. The Labute approximate surface area is 83.2 Å². The largest absolute Gasteiger partial charge is 0.465 e. The lowest BCUT2D eigenvalue weighted by Crippen LogP contribution is -2.11.